The Hall–Kier alpha value is -1.18. The van der Waals surface area contributed by atoms with Crippen LogP contribution < -0.4 is 4.72 Å². The van der Waals surface area contributed by atoms with Crippen molar-refractivity contribution >= 4 is 17.3 Å². The van der Waals surface area contributed by atoms with E-state index < -0.39 is 39.6 Å². The van der Waals surface area contributed by atoms with Gasteiger partial charge in [0.25, 0.3) is 0 Å². The average Bonchev–Trinajstić information content (AvgIpc) is 2.36. The highest BCUT2D eigenvalue weighted by atomic mass is 32.2. The van der Waals surface area contributed by atoms with Gasteiger partial charge in [0.2, 0.25) is 6.17 Å². The third-order valence-corrected chi connectivity index (χ3v) is 4.74. The molecule has 0 aliphatic heterocycles. The number of hydrogen-bond donors (Lipinski definition) is 2. The molecule has 0 saturated heterocycles. The fourth-order valence-corrected chi connectivity index (χ4v) is 2.62. The van der Waals surface area contributed by atoms with Gasteiger partial charge in [0.05, 0.1) is 0 Å². The summed E-state index contributed by atoms with van der Waals surface area (Å²) in [5, 5.41) is 8.95. The van der Waals surface area contributed by atoms with E-state index in [4.69, 9.17) is 5.11 Å². The lowest BCUT2D eigenvalue weighted by Gasteiger charge is -2.35. The molecule has 21 heavy (non-hydrogen) atoms. The molecule has 0 aliphatic rings. The van der Waals surface area contributed by atoms with Crippen molar-refractivity contribution in [2.75, 3.05) is 0 Å². The number of carbonyl (C=O) groups is 1. The van der Waals surface area contributed by atoms with Crippen LogP contribution >= 0.6 is 0 Å². The molecule has 0 fully saturated rings. The summed E-state index contributed by atoms with van der Waals surface area (Å²) in [6.45, 7) is 6.12. The molecule has 118 valence electrons. The number of alkyl halides is 1. The van der Waals surface area contributed by atoms with E-state index in [1.165, 1.54) is 25.1 Å². The Morgan fingerprint density at radius 3 is 2.29 bits per heavy atom. The van der Waals surface area contributed by atoms with Crippen LogP contribution in [0.3, 0.4) is 0 Å². The molecule has 0 amide bonds. The second-order valence-corrected chi connectivity index (χ2v) is 7.83. The molecular formula is C14H19F2NO3S. The van der Waals surface area contributed by atoms with Gasteiger partial charge in [0.1, 0.15) is 16.1 Å². The standard InChI is InChI=1S/C14H19F2NO3S/c1-13(2,3)21(20)17-14(4,11(16)12(18)19)9-7-5-6-8-10(9)15/h5-8,11,17H,1-4H3,(H,18,19)/t11?,14?,21-/m1/s1. The summed E-state index contributed by atoms with van der Waals surface area (Å²) in [5.74, 6) is -2.51. The molecular weight excluding hydrogens is 300 g/mol. The molecule has 2 N–H and O–H groups in total. The lowest BCUT2D eigenvalue weighted by atomic mass is 9.88. The van der Waals surface area contributed by atoms with Crippen molar-refractivity contribution < 1.29 is 23.2 Å². The molecule has 7 heteroatoms. The van der Waals surface area contributed by atoms with Crippen molar-refractivity contribution in [1.29, 1.82) is 0 Å². The van der Waals surface area contributed by atoms with E-state index in [1.54, 1.807) is 20.8 Å². The van der Waals surface area contributed by atoms with Crippen LogP contribution in [-0.2, 0) is 21.7 Å². The maximum absolute atomic E-state index is 14.2. The van der Waals surface area contributed by atoms with Crippen LogP contribution in [0.1, 0.15) is 33.3 Å². The first kappa shape index (κ1) is 17.9. The molecule has 0 heterocycles. The number of rotatable bonds is 5. The van der Waals surface area contributed by atoms with Crippen LogP contribution in [0.2, 0.25) is 0 Å². The first-order chi connectivity index (χ1) is 9.50. The first-order valence-electron chi connectivity index (χ1n) is 6.31. The average molecular weight is 319 g/mol. The van der Waals surface area contributed by atoms with Gasteiger partial charge in [-0.3, -0.25) is 0 Å². The lowest BCUT2D eigenvalue weighted by Crippen LogP contribution is -2.56. The summed E-state index contributed by atoms with van der Waals surface area (Å²) in [6.07, 6.45) is -2.46. The van der Waals surface area contributed by atoms with Gasteiger partial charge in [-0.2, -0.15) is 0 Å². The van der Waals surface area contributed by atoms with Crippen LogP contribution in [0.4, 0.5) is 8.78 Å². The van der Waals surface area contributed by atoms with Crippen molar-refractivity contribution in [2.45, 2.75) is 44.2 Å². The normalized spacial score (nSPS) is 17.9. The Morgan fingerprint density at radius 2 is 1.86 bits per heavy atom. The molecule has 0 aliphatic carbocycles. The van der Waals surface area contributed by atoms with E-state index in [2.05, 4.69) is 4.72 Å². The third-order valence-electron chi connectivity index (χ3n) is 3.02. The van der Waals surface area contributed by atoms with Crippen molar-refractivity contribution in [3.8, 4) is 0 Å². The number of hydrogen-bond acceptors (Lipinski definition) is 3. The van der Waals surface area contributed by atoms with E-state index in [0.717, 1.165) is 6.07 Å². The molecule has 0 spiro atoms. The minimum Gasteiger partial charge on any atom is -0.598 e. The quantitative estimate of drug-likeness (QED) is 0.818. The first-order valence-corrected chi connectivity index (χ1v) is 7.46. The van der Waals surface area contributed by atoms with Gasteiger partial charge < -0.3 is 9.66 Å². The van der Waals surface area contributed by atoms with Gasteiger partial charge in [0, 0.05) is 16.9 Å². The van der Waals surface area contributed by atoms with E-state index >= 15 is 0 Å². The number of carboxylic acid groups (broad SMARTS) is 1. The molecule has 1 aromatic carbocycles. The molecule has 0 bridgehead atoms. The highest BCUT2D eigenvalue weighted by Crippen LogP contribution is 2.32. The smallest absolute Gasteiger partial charge is 0.340 e. The summed E-state index contributed by atoms with van der Waals surface area (Å²) in [4.78, 5) is 11.0. The largest absolute Gasteiger partial charge is 0.598 e. The Labute approximate surface area is 125 Å². The van der Waals surface area contributed by atoms with Crippen LogP contribution in [0, 0.1) is 5.82 Å². The fourth-order valence-electron chi connectivity index (χ4n) is 1.72. The Morgan fingerprint density at radius 1 is 1.33 bits per heavy atom. The zero-order valence-electron chi connectivity index (χ0n) is 12.3. The maximum atomic E-state index is 14.2. The van der Waals surface area contributed by atoms with Crippen LogP contribution in [-0.4, -0.2) is 26.5 Å². The van der Waals surface area contributed by atoms with Crippen molar-refractivity contribution in [3.05, 3.63) is 35.6 Å². The maximum Gasteiger partial charge on any atom is 0.340 e. The van der Waals surface area contributed by atoms with E-state index in [9.17, 15) is 18.1 Å². The highest BCUT2D eigenvalue weighted by molar-refractivity contribution is 7.90. The predicted molar refractivity (Wildman–Crippen MR) is 77.3 cm³/mol. The second-order valence-electron chi connectivity index (χ2n) is 5.87. The molecule has 1 aromatic rings. The Kier molecular flexibility index (Phi) is 5.35. The minimum absolute atomic E-state index is 0.183. The summed E-state index contributed by atoms with van der Waals surface area (Å²) >= 11 is -1.77. The molecule has 3 atom stereocenters. The zero-order valence-corrected chi connectivity index (χ0v) is 13.1. The lowest BCUT2D eigenvalue weighted by molar-refractivity contribution is -0.145. The molecule has 2 unspecified atom stereocenters. The SMILES string of the molecule is CC(N[S@+]([O-])C(C)(C)C)(c1ccccc1F)C(F)C(=O)O. The summed E-state index contributed by atoms with van der Waals surface area (Å²) in [7, 11) is 0. The fraction of sp³-hybridized carbons (Fsp3) is 0.500. The Balaban J connectivity index is 3.31. The van der Waals surface area contributed by atoms with Crippen LogP contribution in [0.5, 0.6) is 0 Å². The van der Waals surface area contributed by atoms with Crippen molar-refractivity contribution in [1.82, 2.24) is 4.72 Å². The molecule has 1 rings (SSSR count). The van der Waals surface area contributed by atoms with Gasteiger partial charge in [-0.1, -0.05) is 18.2 Å². The van der Waals surface area contributed by atoms with Gasteiger partial charge in [-0.05, 0) is 33.8 Å². The molecule has 4 nitrogen and oxygen atoms in total. The van der Waals surface area contributed by atoms with E-state index in [0.29, 0.717) is 0 Å². The van der Waals surface area contributed by atoms with Crippen molar-refractivity contribution in [2.24, 2.45) is 0 Å². The number of carboxylic acids is 1. The number of aliphatic carboxylic acids is 1. The summed E-state index contributed by atoms with van der Waals surface area (Å²) in [6, 6.07) is 5.25. The second kappa shape index (κ2) is 6.29. The Bertz CT molecular complexity index is 521. The molecule has 0 radical (unpaired) electrons. The van der Waals surface area contributed by atoms with Gasteiger partial charge in [-0.25, -0.2) is 13.6 Å². The summed E-state index contributed by atoms with van der Waals surface area (Å²) < 4.78 is 42.1. The van der Waals surface area contributed by atoms with Gasteiger partial charge in [-0.15, -0.1) is 4.72 Å². The molecule has 0 saturated carbocycles. The van der Waals surface area contributed by atoms with Gasteiger partial charge in [0.15, 0.2) is 0 Å². The number of halogens is 2. The van der Waals surface area contributed by atoms with Gasteiger partial charge >= 0.3 is 5.97 Å². The van der Waals surface area contributed by atoms with Crippen LogP contribution in [0.15, 0.2) is 24.3 Å². The van der Waals surface area contributed by atoms with E-state index in [-0.39, 0.29) is 5.56 Å². The number of nitrogens with one attached hydrogen (secondary N) is 1. The third kappa shape index (κ3) is 3.93. The molecule has 0 aromatic heterocycles. The van der Waals surface area contributed by atoms with E-state index in [1.807, 2.05) is 0 Å². The zero-order chi connectivity index (χ0) is 16.4. The summed E-state index contributed by atoms with van der Waals surface area (Å²) in [5.41, 5.74) is -2.13. The number of benzene rings is 1. The highest BCUT2D eigenvalue weighted by Gasteiger charge is 2.48. The van der Waals surface area contributed by atoms with Crippen molar-refractivity contribution in [3.63, 3.8) is 0 Å². The predicted octanol–water partition coefficient (Wildman–Crippen LogP) is 2.52. The topological polar surface area (TPSA) is 72.4 Å². The monoisotopic (exact) mass is 319 g/mol. The van der Waals surface area contributed by atoms with Crippen LogP contribution in [0.25, 0.3) is 0 Å². The minimum atomic E-state index is -2.46.